The maximum atomic E-state index is 13.5. The summed E-state index contributed by atoms with van der Waals surface area (Å²) in [6, 6.07) is 15.8. The van der Waals surface area contributed by atoms with Crippen LogP contribution in [0.3, 0.4) is 0 Å². The summed E-state index contributed by atoms with van der Waals surface area (Å²) in [7, 11) is -8.54. The number of aromatic nitrogens is 2. The summed E-state index contributed by atoms with van der Waals surface area (Å²) >= 11 is 0. The third-order valence-corrected chi connectivity index (χ3v) is 8.96. The van der Waals surface area contributed by atoms with Crippen LogP contribution in [0.1, 0.15) is 16.8 Å². The molecule has 1 amide bonds. The highest BCUT2D eigenvalue weighted by molar-refractivity contribution is 7.93. The minimum absolute atomic E-state index is 0.113. The van der Waals surface area contributed by atoms with E-state index in [1.54, 1.807) is 19.9 Å². The second kappa shape index (κ2) is 11.8. The smallest absolute Gasteiger partial charge is 0.325 e. The molecule has 3 aromatic carbocycles. The van der Waals surface area contributed by atoms with E-state index in [-0.39, 0.29) is 27.1 Å². The number of carbonyl (C=O) groups excluding carboxylic acids is 1. The Kier molecular flexibility index (Phi) is 8.54. The van der Waals surface area contributed by atoms with E-state index in [1.165, 1.54) is 54.7 Å². The first-order valence-corrected chi connectivity index (χ1v) is 15.1. The van der Waals surface area contributed by atoms with Crippen molar-refractivity contribution >= 4 is 43.3 Å². The number of nitrogens with one attached hydrogen (secondary N) is 2. The van der Waals surface area contributed by atoms with Crippen LogP contribution in [0.25, 0.3) is 0 Å². The number of sulfonamides is 2. The number of anilines is 3. The number of alkyl halides is 3. The molecule has 2 N–H and O–H groups in total. The Morgan fingerprint density at radius 3 is 2.14 bits per heavy atom. The van der Waals surface area contributed by atoms with Gasteiger partial charge in [0.2, 0.25) is 11.9 Å². The highest BCUT2D eigenvalue weighted by Crippen LogP contribution is 2.33. The van der Waals surface area contributed by atoms with Crippen molar-refractivity contribution in [2.75, 3.05) is 20.9 Å². The molecule has 0 saturated carbocycles. The normalized spacial score (nSPS) is 12.0. The van der Waals surface area contributed by atoms with Gasteiger partial charge < -0.3 is 5.32 Å². The Morgan fingerprint density at radius 2 is 1.52 bits per heavy atom. The molecule has 0 saturated heterocycles. The Morgan fingerprint density at radius 1 is 0.881 bits per heavy atom. The van der Waals surface area contributed by atoms with Crippen LogP contribution in [0.5, 0.6) is 0 Å². The fourth-order valence-corrected chi connectivity index (χ4v) is 6.08. The van der Waals surface area contributed by atoms with Crippen molar-refractivity contribution in [2.45, 2.75) is 29.8 Å². The van der Waals surface area contributed by atoms with Gasteiger partial charge in [0.1, 0.15) is 6.54 Å². The van der Waals surface area contributed by atoms with Gasteiger partial charge in [0.15, 0.2) is 0 Å². The van der Waals surface area contributed by atoms with Crippen molar-refractivity contribution in [1.29, 1.82) is 0 Å². The molecule has 0 aliphatic heterocycles. The number of benzene rings is 3. The second-order valence-electron chi connectivity index (χ2n) is 9.07. The molecule has 0 radical (unpaired) electrons. The highest BCUT2D eigenvalue weighted by atomic mass is 32.2. The van der Waals surface area contributed by atoms with Gasteiger partial charge in [0, 0.05) is 17.6 Å². The van der Waals surface area contributed by atoms with Gasteiger partial charge >= 0.3 is 6.18 Å². The van der Waals surface area contributed by atoms with Gasteiger partial charge in [-0.1, -0.05) is 23.8 Å². The maximum Gasteiger partial charge on any atom is 0.416 e. The van der Waals surface area contributed by atoms with Crippen LogP contribution >= 0.6 is 0 Å². The van der Waals surface area contributed by atoms with E-state index < -0.39 is 44.2 Å². The first kappa shape index (κ1) is 30.5. The lowest BCUT2D eigenvalue weighted by atomic mass is 10.2. The quantitative estimate of drug-likeness (QED) is 0.276. The van der Waals surface area contributed by atoms with Crippen LogP contribution in [0.2, 0.25) is 0 Å². The van der Waals surface area contributed by atoms with Crippen molar-refractivity contribution < 1.29 is 34.8 Å². The summed E-state index contributed by atoms with van der Waals surface area (Å²) in [5, 5.41) is 2.45. The first-order chi connectivity index (χ1) is 19.6. The summed E-state index contributed by atoms with van der Waals surface area (Å²) in [5.74, 6) is -1.01. The Bertz CT molecular complexity index is 1810. The molecule has 0 atom stereocenters. The van der Waals surface area contributed by atoms with Crippen molar-refractivity contribution in [2.24, 2.45) is 0 Å². The average molecular weight is 620 g/mol. The van der Waals surface area contributed by atoms with Crippen molar-refractivity contribution in [3.05, 3.63) is 102 Å². The van der Waals surface area contributed by atoms with Gasteiger partial charge in [-0.15, -0.1) is 0 Å². The molecular weight excluding hydrogens is 595 g/mol. The number of carbonyl (C=O) groups is 1. The Balaban J connectivity index is 1.58. The number of rotatable bonds is 9. The second-order valence-corrected chi connectivity index (χ2v) is 12.6. The number of hydrogen-bond donors (Lipinski definition) is 2. The van der Waals surface area contributed by atoms with Gasteiger partial charge in [-0.2, -0.15) is 13.2 Å². The van der Waals surface area contributed by atoms with E-state index in [0.717, 1.165) is 23.8 Å². The summed E-state index contributed by atoms with van der Waals surface area (Å²) < 4.78 is 95.4. The first-order valence-electron chi connectivity index (χ1n) is 12.1. The molecular formula is C27H24F3N5O5S2. The molecule has 0 unspecified atom stereocenters. The number of nitrogens with zero attached hydrogens (tertiary/aromatic N) is 3. The van der Waals surface area contributed by atoms with Crippen LogP contribution in [-0.4, -0.2) is 39.3 Å². The van der Waals surface area contributed by atoms with Gasteiger partial charge in [-0.3, -0.25) is 9.10 Å². The lowest BCUT2D eigenvalue weighted by Gasteiger charge is -2.25. The lowest BCUT2D eigenvalue weighted by molar-refractivity contribution is -0.137. The van der Waals surface area contributed by atoms with Gasteiger partial charge in [-0.05, 0) is 74.5 Å². The molecule has 1 heterocycles. The summed E-state index contributed by atoms with van der Waals surface area (Å²) in [6.07, 6.45) is -3.36. The van der Waals surface area contributed by atoms with E-state index in [0.29, 0.717) is 16.1 Å². The summed E-state index contributed by atoms with van der Waals surface area (Å²) in [5.41, 5.74) is -0.0476. The molecule has 220 valence electrons. The minimum atomic E-state index is -4.75. The van der Waals surface area contributed by atoms with Crippen molar-refractivity contribution in [1.82, 2.24) is 9.97 Å². The highest BCUT2D eigenvalue weighted by Gasteiger charge is 2.33. The lowest BCUT2D eigenvalue weighted by Crippen LogP contribution is -2.38. The number of aryl methyl sites for hydroxylation is 2. The molecule has 42 heavy (non-hydrogen) atoms. The summed E-state index contributed by atoms with van der Waals surface area (Å²) in [6.45, 7) is 2.53. The van der Waals surface area contributed by atoms with Gasteiger partial charge in [0.05, 0.1) is 21.0 Å². The molecule has 0 aliphatic carbocycles. The van der Waals surface area contributed by atoms with E-state index >= 15 is 0 Å². The molecule has 0 bridgehead atoms. The van der Waals surface area contributed by atoms with Crippen LogP contribution < -0.4 is 14.3 Å². The molecule has 0 fully saturated rings. The van der Waals surface area contributed by atoms with Gasteiger partial charge in [-0.25, -0.2) is 31.5 Å². The monoisotopic (exact) mass is 619 g/mol. The Hall–Kier alpha value is -4.50. The predicted octanol–water partition coefficient (Wildman–Crippen LogP) is 4.75. The average Bonchev–Trinajstić information content (AvgIpc) is 2.91. The van der Waals surface area contributed by atoms with Crippen LogP contribution in [0.4, 0.5) is 30.5 Å². The van der Waals surface area contributed by atoms with Crippen molar-refractivity contribution in [3.8, 4) is 0 Å². The molecule has 1 aromatic heterocycles. The maximum absolute atomic E-state index is 13.5. The van der Waals surface area contributed by atoms with Crippen LogP contribution in [0, 0.1) is 13.8 Å². The molecule has 0 aliphatic rings. The number of hydrogen-bond acceptors (Lipinski definition) is 7. The molecule has 10 nitrogen and oxygen atoms in total. The molecule has 15 heteroatoms. The Labute approximate surface area is 240 Å². The molecule has 4 aromatic rings. The minimum Gasteiger partial charge on any atom is -0.325 e. The van der Waals surface area contributed by atoms with E-state index in [2.05, 4.69) is 20.0 Å². The van der Waals surface area contributed by atoms with E-state index in [9.17, 15) is 34.8 Å². The van der Waals surface area contributed by atoms with Gasteiger partial charge in [0.25, 0.3) is 20.0 Å². The van der Waals surface area contributed by atoms with Crippen LogP contribution in [0.15, 0.2) is 94.9 Å². The fourth-order valence-electron chi connectivity index (χ4n) is 3.72. The fraction of sp³-hybridized carbons (Fsp3) is 0.148. The molecule has 0 spiro atoms. The third-order valence-electron chi connectivity index (χ3n) is 5.83. The topological polar surface area (TPSA) is 138 Å². The SMILES string of the molecule is Cc1ccc(S(=O)(=O)N(CC(=O)Nc2ccc(S(=O)(=O)Nc3nccc(C)n3)cc2)c2cccc(C(F)(F)F)c2)cc1. The third kappa shape index (κ3) is 7.22. The molecule has 4 rings (SSSR count). The zero-order valence-electron chi connectivity index (χ0n) is 22.1. The zero-order chi connectivity index (χ0) is 30.7. The van der Waals surface area contributed by atoms with E-state index in [4.69, 9.17) is 0 Å². The standard InChI is InChI=1S/C27H24F3N5O5S2/c1-18-6-10-24(11-7-18)42(39,40)35(22-5-3-4-20(16-22)27(28,29)30)17-25(36)33-21-8-12-23(13-9-21)41(37,38)34-26-31-15-14-19(2)32-26/h3-16H,17H2,1-2H3,(H,33,36)(H,31,32,34). The van der Waals surface area contributed by atoms with Crippen LogP contribution in [-0.2, 0) is 31.0 Å². The predicted molar refractivity (Wildman–Crippen MR) is 150 cm³/mol. The number of amides is 1. The zero-order valence-corrected chi connectivity index (χ0v) is 23.8. The largest absolute Gasteiger partial charge is 0.416 e. The number of halogens is 3. The summed E-state index contributed by atoms with van der Waals surface area (Å²) in [4.78, 5) is 20.4. The van der Waals surface area contributed by atoms with Crippen molar-refractivity contribution in [3.63, 3.8) is 0 Å². The van der Waals surface area contributed by atoms with E-state index in [1.807, 2.05) is 0 Å².